The monoisotopic (exact) mass is 402 g/mol. The molecule has 8 heteroatoms. The van der Waals surface area contributed by atoms with Gasteiger partial charge in [-0.05, 0) is 55.5 Å². The molecule has 0 amide bonds. The minimum Gasteiger partial charge on any atom is -0.397 e. The lowest BCUT2D eigenvalue weighted by Gasteiger charge is -2.16. The Kier molecular flexibility index (Phi) is 3.85. The molecular weight excluding hydrogens is 388 g/mol. The number of aromatic nitrogens is 5. The van der Waals surface area contributed by atoms with Crippen molar-refractivity contribution in [1.29, 1.82) is 0 Å². The van der Waals surface area contributed by atoms with E-state index in [2.05, 4.69) is 15.2 Å². The number of anilines is 1. The second kappa shape index (κ2) is 6.42. The Morgan fingerprint density at radius 2 is 1.83 bits per heavy atom. The van der Waals surface area contributed by atoms with E-state index in [1.54, 1.807) is 51.8 Å². The molecule has 0 aliphatic carbocycles. The van der Waals surface area contributed by atoms with Crippen molar-refractivity contribution < 1.29 is 0 Å². The molecule has 142 valence electrons. The van der Waals surface area contributed by atoms with Crippen molar-refractivity contribution in [3.8, 4) is 16.8 Å². The molecule has 4 heterocycles. The Labute approximate surface area is 170 Å². The standard InChI is InChI=1S/C21H15ClN6O/c1-12-2-8-16-19(23)18(13-3-9-17-26-24-11-27(17)10-13)21(29)28(20(16)25-12)15-6-4-14(22)5-7-15/h2-11H,23H2,1H3. The van der Waals surface area contributed by atoms with E-state index in [4.69, 9.17) is 17.3 Å². The number of hydrogen-bond donors (Lipinski definition) is 1. The molecule has 5 aromatic rings. The van der Waals surface area contributed by atoms with Gasteiger partial charge in [-0.25, -0.2) is 4.98 Å². The lowest BCUT2D eigenvalue weighted by atomic mass is 10.0. The number of pyridine rings is 3. The zero-order valence-electron chi connectivity index (χ0n) is 15.4. The summed E-state index contributed by atoms with van der Waals surface area (Å²) in [5, 5.41) is 9.18. The first-order chi connectivity index (χ1) is 14.0. The van der Waals surface area contributed by atoms with Crippen LogP contribution in [0.5, 0.6) is 0 Å². The quantitative estimate of drug-likeness (QED) is 0.486. The highest BCUT2D eigenvalue weighted by atomic mass is 35.5. The van der Waals surface area contributed by atoms with E-state index in [0.717, 1.165) is 5.69 Å². The van der Waals surface area contributed by atoms with Crippen molar-refractivity contribution in [3.63, 3.8) is 0 Å². The minimum atomic E-state index is -0.261. The summed E-state index contributed by atoms with van der Waals surface area (Å²) in [6, 6.07) is 14.4. The summed E-state index contributed by atoms with van der Waals surface area (Å²) in [5.74, 6) is 0. The molecule has 0 saturated carbocycles. The molecule has 0 aliphatic heterocycles. The second-order valence-electron chi connectivity index (χ2n) is 6.74. The Bertz CT molecular complexity index is 1450. The number of nitrogen functional groups attached to an aromatic ring is 1. The van der Waals surface area contributed by atoms with Crippen LogP contribution in [-0.4, -0.2) is 24.1 Å². The maximum atomic E-state index is 13.6. The average Bonchev–Trinajstić information content (AvgIpc) is 3.17. The van der Waals surface area contributed by atoms with E-state index in [-0.39, 0.29) is 5.56 Å². The predicted molar refractivity (Wildman–Crippen MR) is 113 cm³/mol. The summed E-state index contributed by atoms with van der Waals surface area (Å²) in [6.07, 6.45) is 3.38. The molecule has 29 heavy (non-hydrogen) atoms. The first kappa shape index (κ1) is 17.4. The van der Waals surface area contributed by atoms with Gasteiger partial charge < -0.3 is 5.73 Å². The van der Waals surface area contributed by atoms with E-state index >= 15 is 0 Å². The number of nitrogens with zero attached hydrogens (tertiary/aromatic N) is 5. The van der Waals surface area contributed by atoms with Crippen LogP contribution >= 0.6 is 11.6 Å². The molecule has 0 radical (unpaired) electrons. The van der Waals surface area contributed by atoms with Crippen LogP contribution in [0.15, 0.2) is 65.8 Å². The van der Waals surface area contributed by atoms with Gasteiger partial charge >= 0.3 is 0 Å². The molecule has 0 fully saturated rings. The summed E-state index contributed by atoms with van der Waals surface area (Å²) < 4.78 is 3.32. The number of rotatable bonds is 2. The lowest BCUT2D eigenvalue weighted by Crippen LogP contribution is -2.23. The number of nitrogens with two attached hydrogens (primary N) is 1. The van der Waals surface area contributed by atoms with Gasteiger partial charge in [0.2, 0.25) is 0 Å². The Morgan fingerprint density at radius 1 is 1.03 bits per heavy atom. The van der Waals surface area contributed by atoms with Gasteiger partial charge in [0, 0.05) is 27.9 Å². The van der Waals surface area contributed by atoms with Crippen molar-refractivity contribution in [2.75, 3.05) is 5.73 Å². The Hall–Kier alpha value is -3.71. The van der Waals surface area contributed by atoms with Crippen LogP contribution in [0.25, 0.3) is 33.5 Å². The first-order valence-electron chi connectivity index (χ1n) is 8.90. The van der Waals surface area contributed by atoms with Crippen molar-refractivity contribution >= 4 is 34.0 Å². The average molecular weight is 403 g/mol. The normalized spacial score (nSPS) is 11.4. The molecule has 7 nitrogen and oxygen atoms in total. The highest BCUT2D eigenvalue weighted by Crippen LogP contribution is 2.30. The largest absolute Gasteiger partial charge is 0.397 e. The third kappa shape index (κ3) is 2.75. The molecule has 0 atom stereocenters. The van der Waals surface area contributed by atoms with Crippen LogP contribution in [0.4, 0.5) is 5.69 Å². The molecule has 4 aromatic heterocycles. The highest BCUT2D eigenvalue weighted by molar-refractivity contribution is 6.30. The molecule has 5 rings (SSSR count). The highest BCUT2D eigenvalue weighted by Gasteiger charge is 2.19. The summed E-state index contributed by atoms with van der Waals surface area (Å²) in [4.78, 5) is 18.2. The number of hydrogen-bond acceptors (Lipinski definition) is 5. The van der Waals surface area contributed by atoms with E-state index in [0.29, 0.717) is 44.2 Å². The topological polar surface area (TPSA) is 91.1 Å². The Morgan fingerprint density at radius 3 is 2.62 bits per heavy atom. The summed E-state index contributed by atoms with van der Waals surface area (Å²) in [5.41, 5.74) is 10.3. The molecule has 0 aliphatic rings. The predicted octanol–water partition coefficient (Wildman–Crippen LogP) is 3.64. The maximum absolute atomic E-state index is 13.6. The molecular formula is C21H15ClN6O. The first-order valence-corrected chi connectivity index (χ1v) is 9.28. The number of halogens is 1. The molecule has 0 spiro atoms. The number of benzene rings is 1. The molecule has 2 N–H and O–H groups in total. The van der Waals surface area contributed by atoms with E-state index in [1.165, 1.54) is 0 Å². The van der Waals surface area contributed by atoms with E-state index < -0.39 is 0 Å². The third-order valence-corrected chi connectivity index (χ3v) is 5.12. The van der Waals surface area contributed by atoms with Gasteiger partial charge in [0.15, 0.2) is 5.65 Å². The fourth-order valence-corrected chi connectivity index (χ4v) is 3.59. The zero-order chi connectivity index (χ0) is 20.1. The fraction of sp³-hybridized carbons (Fsp3) is 0.0476. The third-order valence-electron chi connectivity index (χ3n) is 4.87. The van der Waals surface area contributed by atoms with Crippen LogP contribution in [-0.2, 0) is 0 Å². The number of aryl methyl sites for hydroxylation is 1. The van der Waals surface area contributed by atoms with Crippen molar-refractivity contribution in [2.24, 2.45) is 0 Å². The summed E-state index contributed by atoms with van der Waals surface area (Å²) in [7, 11) is 0. The smallest absolute Gasteiger partial charge is 0.266 e. The Balaban J connectivity index is 1.91. The van der Waals surface area contributed by atoms with Crippen LogP contribution < -0.4 is 11.3 Å². The SMILES string of the molecule is Cc1ccc2c(N)c(-c3ccc4nncn4c3)c(=O)n(-c3ccc(Cl)cc3)c2n1. The molecule has 0 saturated heterocycles. The van der Waals surface area contributed by atoms with Crippen LogP contribution in [0.1, 0.15) is 5.69 Å². The van der Waals surface area contributed by atoms with Crippen LogP contribution in [0.3, 0.4) is 0 Å². The molecule has 0 bridgehead atoms. The summed E-state index contributed by atoms with van der Waals surface area (Å²) >= 11 is 6.04. The van der Waals surface area contributed by atoms with Crippen molar-refractivity contribution in [3.05, 3.63) is 82.1 Å². The van der Waals surface area contributed by atoms with Gasteiger partial charge in [-0.2, -0.15) is 0 Å². The van der Waals surface area contributed by atoms with Gasteiger partial charge in [-0.3, -0.25) is 13.8 Å². The van der Waals surface area contributed by atoms with Crippen molar-refractivity contribution in [2.45, 2.75) is 6.92 Å². The van der Waals surface area contributed by atoms with Crippen LogP contribution in [0.2, 0.25) is 5.02 Å². The maximum Gasteiger partial charge on any atom is 0.266 e. The summed E-state index contributed by atoms with van der Waals surface area (Å²) in [6.45, 7) is 1.88. The van der Waals surface area contributed by atoms with Gasteiger partial charge in [0.05, 0.1) is 16.9 Å². The van der Waals surface area contributed by atoms with Crippen LogP contribution in [0, 0.1) is 6.92 Å². The fourth-order valence-electron chi connectivity index (χ4n) is 3.47. The van der Waals surface area contributed by atoms with Gasteiger partial charge in [0.1, 0.15) is 12.0 Å². The lowest BCUT2D eigenvalue weighted by molar-refractivity contribution is 1.01. The van der Waals surface area contributed by atoms with E-state index in [1.807, 2.05) is 25.1 Å². The van der Waals surface area contributed by atoms with Gasteiger partial charge in [-0.15, -0.1) is 10.2 Å². The van der Waals surface area contributed by atoms with E-state index in [9.17, 15) is 4.79 Å². The number of fused-ring (bicyclic) bond motifs is 2. The zero-order valence-corrected chi connectivity index (χ0v) is 16.1. The minimum absolute atomic E-state index is 0.261. The molecule has 1 aromatic carbocycles. The molecule has 0 unspecified atom stereocenters. The second-order valence-corrected chi connectivity index (χ2v) is 7.18. The van der Waals surface area contributed by atoms with Gasteiger partial charge in [-0.1, -0.05) is 11.6 Å². The van der Waals surface area contributed by atoms with Crippen molar-refractivity contribution in [1.82, 2.24) is 24.1 Å². The van der Waals surface area contributed by atoms with Gasteiger partial charge in [0.25, 0.3) is 5.56 Å².